The molecule has 0 radical (unpaired) electrons. The van der Waals surface area contributed by atoms with E-state index in [1.54, 1.807) is 0 Å². The van der Waals surface area contributed by atoms with Gasteiger partial charge in [0.25, 0.3) is 0 Å². The molecular weight excluding hydrogens is 683 g/mol. The van der Waals surface area contributed by atoms with Crippen molar-refractivity contribution in [2.24, 2.45) is 0 Å². The molecule has 0 aliphatic heterocycles. The van der Waals surface area contributed by atoms with Crippen LogP contribution in [0.25, 0.3) is 0 Å². The van der Waals surface area contributed by atoms with Crippen LogP contribution in [-0.2, 0) is 32.7 Å². The van der Waals surface area contributed by atoms with Crippen molar-refractivity contribution in [3.8, 4) is 0 Å². The van der Waals surface area contributed by atoms with E-state index in [0.717, 1.165) is 57.8 Å². The third-order valence-electron chi connectivity index (χ3n) is 9.17. The molecule has 0 aromatic rings. The molecule has 0 amide bonds. The van der Waals surface area contributed by atoms with Gasteiger partial charge in [0.1, 0.15) is 6.61 Å². The van der Waals surface area contributed by atoms with E-state index in [-0.39, 0.29) is 32.5 Å². The van der Waals surface area contributed by atoms with Gasteiger partial charge in [-0.05, 0) is 44.9 Å². The van der Waals surface area contributed by atoms with Gasteiger partial charge < -0.3 is 24.6 Å². The van der Waals surface area contributed by atoms with Gasteiger partial charge in [-0.1, -0.05) is 154 Å². The third-order valence-corrected chi connectivity index (χ3v) is 10.1. The second kappa shape index (κ2) is 38.0. The quantitative estimate of drug-likeness (QED) is 0.0238. The molecule has 2 unspecified atom stereocenters. The Kier molecular flexibility index (Phi) is 37.1. The van der Waals surface area contributed by atoms with Crippen LogP contribution in [0.5, 0.6) is 0 Å². The van der Waals surface area contributed by atoms with Crippen molar-refractivity contribution in [2.75, 3.05) is 26.4 Å². The summed E-state index contributed by atoms with van der Waals surface area (Å²) in [5, 5.41) is 18.6. The van der Waals surface area contributed by atoms with Gasteiger partial charge in [0.05, 0.1) is 19.3 Å². The zero-order chi connectivity index (χ0) is 38.4. The fourth-order valence-corrected chi connectivity index (χ4v) is 6.66. The summed E-state index contributed by atoms with van der Waals surface area (Å²) in [6.45, 7) is 2.84. The minimum absolute atomic E-state index is 0.0220. The third kappa shape index (κ3) is 37.0. The van der Waals surface area contributed by atoms with E-state index in [1.807, 2.05) is 0 Å². The van der Waals surface area contributed by atoms with Crippen molar-refractivity contribution in [1.29, 1.82) is 0 Å². The Morgan fingerprint density at radius 3 is 1.44 bits per heavy atom. The predicted octanol–water partition coefficient (Wildman–Crippen LogP) is 10.8. The number of allylic oxidation sites excluding steroid dienone is 2. The first-order valence-corrected chi connectivity index (χ1v) is 22.6. The highest BCUT2D eigenvalue weighted by Crippen LogP contribution is 2.43. The molecule has 0 aliphatic carbocycles. The molecule has 0 fully saturated rings. The van der Waals surface area contributed by atoms with Gasteiger partial charge in [-0.15, -0.1) is 0 Å². The summed E-state index contributed by atoms with van der Waals surface area (Å²) in [5.41, 5.74) is 0. The average Bonchev–Trinajstić information content (AvgIpc) is 3.12. The number of hydrogen-bond donors (Lipinski definition) is 3. The van der Waals surface area contributed by atoms with Gasteiger partial charge in [0, 0.05) is 19.4 Å². The van der Waals surface area contributed by atoms with Crippen molar-refractivity contribution < 1.29 is 47.8 Å². The predicted molar refractivity (Wildman–Crippen MR) is 210 cm³/mol. The zero-order valence-corrected chi connectivity index (χ0v) is 34.2. The fraction of sp³-hybridized carbons (Fsp3) is 0.902. The Morgan fingerprint density at radius 1 is 0.577 bits per heavy atom. The minimum atomic E-state index is -4.59. The highest BCUT2D eigenvalue weighted by molar-refractivity contribution is 7.47. The maximum atomic E-state index is 12.6. The first-order chi connectivity index (χ1) is 25.2. The van der Waals surface area contributed by atoms with Gasteiger partial charge in [0.15, 0.2) is 6.10 Å². The Balaban J connectivity index is 4.37. The molecule has 0 saturated carbocycles. The molecule has 3 N–H and O–H groups in total. The topological polar surface area (TPSA) is 149 Å². The summed E-state index contributed by atoms with van der Waals surface area (Å²) in [6.07, 6.45) is 33.4. The number of aliphatic hydroxyl groups is 2. The summed E-state index contributed by atoms with van der Waals surface area (Å²) in [5.74, 6) is -0.914. The lowest BCUT2D eigenvalue weighted by molar-refractivity contribution is -0.161. The second-order valence-electron chi connectivity index (χ2n) is 14.3. The van der Waals surface area contributed by atoms with Crippen molar-refractivity contribution >= 4 is 19.8 Å². The van der Waals surface area contributed by atoms with Crippen LogP contribution in [0.15, 0.2) is 12.2 Å². The summed E-state index contributed by atoms with van der Waals surface area (Å²) in [6, 6.07) is 0. The van der Waals surface area contributed by atoms with Gasteiger partial charge in [-0.3, -0.25) is 18.6 Å². The standard InChI is InChI=1S/C41H79O10P/c1-3-5-7-9-11-13-15-17-18-20-22-24-26-28-30-32-41(45)51-39(37-50-52(46,47)49-35-38(43)33-34-42)36-48-40(44)31-29-27-25-23-21-19-16-14-12-10-8-6-4-2/h17-18,38-39,42-43H,3-16,19-37H2,1-2H3,(H,46,47)/b18-17+/t38?,39-/m1/s1. The number of carbonyl (C=O) groups excluding carboxylic acids is 2. The van der Waals surface area contributed by atoms with Crippen LogP contribution in [0.4, 0.5) is 0 Å². The number of aliphatic hydroxyl groups excluding tert-OH is 2. The molecule has 0 bridgehead atoms. The van der Waals surface area contributed by atoms with Gasteiger partial charge >= 0.3 is 19.8 Å². The number of carbonyl (C=O) groups is 2. The van der Waals surface area contributed by atoms with Crippen LogP contribution in [-0.4, -0.2) is 65.7 Å². The summed E-state index contributed by atoms with van der Waals surface area (Å²) in [4.78, 5) is 35.0. The second-order valence-corrected chi connectivity index (χ2v) is 15.8. The van der Waals surface area contributed by atoms with Crippen LogP contribution in [0.2, 0.25) is 0 Å². The number of unbranched alkanes of at least 4 members (excludes halogenated alkanes) is 23. The van der Waals surface area contributed by atoms with Crippen LogP contribution >= 0.6 is 7.82 Å². The number of ether oxygens (including phenoxy) is 2. The Labute approximate surface area is 317 Å². The molecule has 0 saturated heterocycles. The average molecular weight is 763 g/mol. The van der Waals surface area contributed by atoms with E-state index >= 15 is 0 Å². The van der Waals surface area contributed by atoms with E-state index in [4.69, 9.17) is 23.6 Å². The van der Waals surface area contributed by atoms with Gasteiger partial charge in [0.2, 0.25) is 0 Å². The van der Waals surface area contributed by atoms with E-state index in [9.17, 15) is 24.2 Å². The zero-order valence-electron chi connectivity index (χ0n) is 33.3. The van der Waals surface area contributed by atoms with Crippen molar-refractivity contribution in [3.05, 3.63) is 12.2 Å². The molecular formula is C41H79O10P. The molecule has 11 heteroatoms. The Morgan fingerprint density at radius 2 is 0.981 bits per heavy atom. The number of rotatable bonds is 40. The first-order valence-electron chi connectivity index (χ1n) is 21.1. The van der Waals surface area contributed by atoms with E-state index in [0.29, 0.717) is 12.8 Å². The monoisotopic (exact) mass is 763 g/mol. The highest BCUT2D eigenvalue weighted by Gasteiger charge is 2.27. The van der Waals surface area contributed by atoms with Crippen molar-refractivity contribution in [2.45, 2.75) is 212 Å². The van der Waals surface area contributed by atoms with Crippen LogP contribution in [0.1, 0.15) is 200 Å². The van der Waals surface area contributed by atoms with E-state index in [1.165, 1.54) is 96.3 Å². The number of phosphoric acid groups is 1. The maximum absolute atomic E-state index is 12.6. The molecule has 0 spiro atoms. The molecule has 10 nitrogen and oxygen atoms in total. The molecule has 52 heavy (non-hydrogen) atoms. The summed E-state index contributed by atoms with van der Waals surface area (Å²) >= 11 is 0. The molecule has 0 rings (SSSR count). The lowest BCUT2D eigenvalue weighted by atomic mass is 10.0. The minimum Gasteiger partial charge on any atom is -0.462 e. The summed E-state index contributed by atoms with van der Waals surface area (Å²) < 4.78 is 33.0. The molecule has 0 aromatic carbocycles. The molecule has 3 atom stereocenters. The molecule has 308 valence electrons. The Hall–Kier alpha value is -1.29. The largest absolute Gasteiger partial charge is 0.472 e. The van der Waals surface area contributed by atoms with Crippen LogP contribution < -0.4 is 0 Å². The van der Waals surface area contributed by atoms with E-state index < -0.39 is 45.2 Å². The summed E-state index contributed by atoms with van der Waals surface area (Å²) in [7, 11) is -4.59. The number of esters is 2. The fourth-order valence-electron chi connectivity index (χ4n) is 5.87. The number of hydrogen-bond acceptors (Lipinski definition) is 9. The SMILES string of the molecule is CCCCCCCC/C=C/CCCCCCCC(=O)O[C@H](COC(=O)CCCCCCCCCCCCCCC)COP(=O)(O)OCC(O)CCO. The highest BCUT2D eigenvalue weighted by atomic mass is 31.2. The Bertz CT molecular complexity index is 884. The van der Waals surface area contributed by atoms with Gasteiger partial charge in [-0.2, -0.15) is 0 Å². The van der Waals surface area contributed by atoms with Crippen LogP contribution in [0, 0.1) is 0 Å². The van der Waals surface area contributed by atoms with Gasteiger partial charge in [-0.25, -0.2) is 4.57 Å². The first kappa shape index (κ1) is 50.7. The van der Waals surface area contributed by atoms with Crippen molar-refractivity contribution in [3.63, 3.8) is 0 Å². The van der Waals surface area contributed by atoms with E-state index in [2.05, 4.69) is 26.0 Å². The molecule has 0 heterocycles. The molecule has 0 aromatic heterocycles. The molecule has 0 aliphatic rings. The number of phosphoric ester groups is 1. The lowest BCUT2D eigenvalue weighted by Gasteiger charge is -2.20. The maximum Gasteiger partial charge on any atom is 0.472 e. The van der Waals surface area contributed by atoms with Crippen molar-refractivity contribution in [1.82, 2.24) is 0 Å². The van der Waals surface area contributed by atoms with Crippen LogP contribution in [0.3, 0.4) is 0 Å². The lowest BCUT2D eigenvalue weighted by Crippen LogP contribution is -2.29. The smallest absolute Gasteiger partial charge is 0.462 e. The normalized spacial score (nSPS) is 14.0.